The summed E-state index contributed by atoms with van der Waals surface area (Å²) in [6.07, 6.45) is 1.30. The van der Waals surface area contributed by atoms with Gasteiger partial charge in [0.15, 0.2) is 17.5 Å². The largest absolute Gasteiger partial charge is 0.333 e. The van der Waals surface area contributed by atoms with Crippen LogP contribution in [0.3, 0.4) is 0 Å². The second-order valence-electron chi connectivity index (χ2n) is 5.34. The van der Waals surface area contributed by atoms with Gasteiger partial charge in [0.25, 0.3) is 0 Å². The van der Waals surface area contributed by atoms with E-state index in [1.54, 1.807) is 6.92 Å². The minimum Gasteiger partial charge on any atom is -0.333 e. The maximum atomic E-state index is 13.5. The number of halogens is 3. The smallest absolute Gasteiger partial charge is 0.244 e. The van der Waals surface area contributed by atoms with Crippen LogP contribution >= 0.6 is 0 Å². The van der Waals surface area contributed by atoms with E-state index in [-0.39, 0.29) is 18.4 Å². The summed E-state index contributed by atoms with van der Waals surface area (Å²) in [6, 6.07) is 1.66. The van der Waals surface area contributed by atoms with Crippen LogP contribution in [0.1, 0.15) is 33.6 Å². The second-order valence-corrected chi connectivity index (χ2v) is 5.34. The normalized spacial score (nSPS) is 11.9. The van der Waals surface area contributed by atoms with E-state index in [9.17, 15) is 22.8 Å². The molecule has 1 aromatic carbocycles. The molecule has 0 heterocycles. The summed E-state index contributed by atoms with van der Waals surface area (Å²) < 4.78 is 39.5. The zero-order valence-electron chi connectivity index (χ0n) is 13.5. The molecule has 1 N–H and O–H groups in total. The lowest BCUT2D eigenvalue weighted by Crippen LogP contribution is -2.41. The molecule has 0 aliphatic carbocycles. The fourth-order valence-electron chi connectivity index (χ4n) is 2.01. The summed E-state index contributed by atoms with van der Waals surface area (Å²) in [5.41, 5.74) is -0.457. The Balaban J connectivity index is 2.80. The summed E-state index contributed by atoms with van der Waals surface area (Å²) in [4.78, 5) is 25.5. The molecule has 23 heavy (non-hydrogen) atoms. The van der Waals surface area contributed by atoms with Crippen LogP contribution in [0, 0.1) is 23.4 Å². The number of benzene rings is 1. The van der Waals surface area contributed by atoms with E-state index < -0.39 is 29.0 Å². The van der Waals surface area contributed by atoms with Gasteiger partial charge >= 0.3 is 0 Å². The molecular weight excluding hydrogens is 309 g/mol. The summed E-state index contributed by atoms with van der Waals surface area (Å²) in [5.74, 6) is -5.51. The SMILES string of the molecule is CCCN(CC(=O)Nc1ccc(F)c(F)c1F)C(=O)C(C)CC. The van der Waals surface area contributed by atoms with Crippen molar-refractivity contribution in [2.24, 2.45) is 5.92 Å². The molecule has 0 aliphatic rings. The van der Waals surface area contributed by atoms with Gasteiger partial charge in [-0.05, 0) is 25.0 Å². The van der Waals surface area contributed by atoms with E-state index in [1.165, 1.54) is 4.90 Å². The maximum absolute atomic E-state index is 13.5. The minimum absolute atomic E-state index is 0.171. The summed E-state index contributed by atoms with van der Waals surface area (Å²) in [5, 5.41) is 2.16. The molecule has 1 unspecified atom stereocenters. The second kappa shape index (κ2) is 8.55. The summed E-state index contributed by atoms with van der Waals surface area (Å²) >= 11 is 0. The zero-order valence-corrected chi connectivity index (χ0v) is 13.5. The highest BCUT2D eigenvalue weighted by Crippen LogP contribution is 2.19. The van der Waals surface area contributed by atoms with E-state index in [4.69, 9.17) is 0 Å². The van der Waals surface area contributed by atoms with Gasteiger partial charge in [-0.2, -0.15) is 0 Å². The Hall–Kier alpha value is -2.05. The Morgan fingerprint density at radius 3 is 2.39 bits per heavy atom. The van der Waals surface area contributed by atoms with Crippen molar-refractivity contribution < 1.29 is 22.8 Å². The molecule has 1 atom stereocenters. The maximum Gasteiger partial charge on any atom is 0.244 e. The van der Waals surface area contributed by atoms with Gasteiger partial charge < -0.3 is 10.2 Å². The highest BCUT2D eigenvalue weighted by Gasteiger charge is 2.22. The molecule has 0 radical (unpaired) electrons. The topological polar surface area (TPSA) is 49.4 Å². The van der Waals surface area contributed by atoms with Crippen LogP contribution in [0.15, 0.2) is 12.1 Å². The lowest BCUT2D eigenvalue weighted by atomic mass is 10.1. The van der Waals surface area contributed by atoms with Gasteiger partial charge in [-0.15, -0.1) is 0 Å². The van der Waals surface area contributed by atoms with Crippen molar-refractivity contribution in [2.75, 3.05) is 18.4 Å². The van der Waals surface area contributed by atoms with Gasteiger partial charge in [0.1, 0.15) is 0 Å². The van der Waals surface area contributed by atoms with Crippen LogP contribution in [-0.2, 0) is 9.59 Å². The minimum atomic E-state index is -1.65. The molecule has 0 spiro atoms. The van der Waals surface area contributed by atoms with Crippen molar-refractivity contribution in [3.63, 3.8) is 0 Å². The number of nitrogens with zero attached hydrogens (tertiary/aromatic N) is 1. The lowest BCUT2D eigenvalue weighted by Gasteiger charge is -2.24. The van der Waals surface area contributed by atoms with E-state index in [2.05, 4.69) is 5.32 Å². The first-order valence-electron chi connectivity index (χ1n) is 7.53. The Kier molecular flexibility index (Phi) is 7.06. The van der Waals surface area contributed by atoms with Crippen LogP contribution < -0.4 is 5.32 Å². The Labute approximate surface area is 133 Å². The van der Waals surface area contributed by atoms with Crippen molar-refractivity contribution >= 4 is 17.5 Å². The molecule has 1 aromatic rings. The number of amides is 2. The first kappa shape index (κ1) is 19.0. The zero-order chi connectivity index (χ0) is 17.6. The van der Waals surface area contributed by atoms with E-state index >= 15 is 0 Å². The van der Waals surface area contributed by atoms with Crippen molar-refractivity contribution in [3.8, 4) is 0 Å². The van der Waals surface area contributed by atoms with Gasteiger partial charge in [-0.3, -0.25) is 9.59 Å². The molecule has 0 bridgehead atoms. The third-order valence-electron chi connectivity index (χ3n) is 3.48. The van der Waals surface area contributed by atoms with Crippen molar-refractivity contribution in [1.29, 1.82) is 0 Å². The molecule has 1 rings (SSSR count). The predicted molar refractivity (Wildman–Crippen MR) is 81.3 cm³/mol. The monoisotopic (exact) mass is 330 g/mol. The Bertz CT molecular complexity index is 579. The number of rotatable bonds is 7. The average Bonchev–Trinajstić information content (AvgIpc) is 2.53. The van der Waals surface area contributed by atoms with Gasteiger partial charge in [0.2, 0.25) is 11.8 Å². The Morgan fingerprint density at radius 2 is 1.83 bits per heavy atom. The fourth-order valence-corrected chi connectivity index (χ4v) is 2.01. The standard InChI is InChI=1S/C16H21F3N2O2/c1-4-8-21(16(23)10(3)5-2)9-13(22)20-12-7-6-11(17)14(18)15(12)19/h6-7,10H,4-5,8-9H2,1-3H3,(H,20,22). The molecule has 0 saturated heterocycles. The number of hydrogen-bond acceptors (Lipinski definition) is 2. The highest BCUT2D eigenvalue weighted by molar-refractivity contribution is 5.94. The average molecular weight is 330 g/mol. The molecule has 128 valence electrons. The third kappa shape index (κ3) is 4.97. The molecule has 0 saturated carbocycles. The van der Waals surface area contributed by atoms with Crippen LogP contribution in [-0.4, -0.2) is 29.8 Å². The Morgan fingerprint density at radius 1 is 1.17 bits per heavy atom. The van der Waals surface area contributed by atoms with Gasteiger partial charge in [0, 0.05) is 12.5 Å². The molecule has 2 amide bonds. The molecule has 4 nitrogen and oxygen atoms in total. The first-order chi connectivity index (χ1) is 10.8. The predicted octanol–water partition coefficient (Wildman–Crippen LogP) is 3.33. The van der Waals surface area contributed by atoms with E-state index in [1.807, 2.05) is 13.8 Å². The number of hydrogen-bond donors (Lipinski definition) is 1. The van der Waals surface area contributed by atoms with Gasteiger partial charge in [-0.25, -0.2) is 13.2 Å². The van der Waals surface area contributed by atoms with Crippen LogP contribution in [0.25, 0.3) is 0 Å². The number of anilines is 1. The highest BCUT2D eigenvalue weighted by atomic mass is 19.2. The molecule has 0 fully saturated rings. The van der Waals surface area contributed by atoms with Crippen molar-refractivity contribution in [3.05, 3.63) is 29.6 Å². The molecule has 0 aliphatic heterocycles. The van der Waals surface area contributed by atoms with Gasteiger partial charge in [-0.1, -0.05) is 20.8 Å². The van der Waals surface area contributed by atoms with Crippen molar-refractivity contribution in [1.82, 2.24) is 4.90 Å². The van der Waals surface area contributed by atoms with Crippen LogP contribution in [0.2, 0.25) is 0 Å². The number of carbonyl (C=O) groups is 2. The van der Waals surface area contributed by atoms with E-state index in [0.717, 1.165) is 12.1 Å². The fraction of sp³-hybridized carbons (Fsp3) is 0.500. The van der Waals surface area contributed by atoms with Crippen LogP contribution in [0.5, 0.6) is 0 Å². The molecule has 7 heteroatoms. The summed E-state index contributed by atoms with van der Waals surface area (Å²) in [7, 11) is 0. The lowest BCUT2D eigenvalue weighted by molar-refractivity contribution is -0.138. The van der Waals surface area contributed by atoms with E-state index in [0.29, 0.717) is 19.4 Å². The third-order valence-corrected chi connectivity index (χ3v) is 3.48. The number of carbonyl (C=O) groups excluding carboxylic acids is 2. The summed E-state index contributed by atoms with van der Waals surface area (Å²) in [6.45, 7) is 5.61. The van der Waals surface area contributed by atoms with Gasteiger partial charge in [0.05, 0.1) is 12.2 Å². The molecule has 0 aromatic heterocycles. The number of nitrogens with one attached hydrogen (secondary N) is 1. The molecular formula is C16H21F3N2O2. The van der Waals surface area contributed by atoms with Crippen molar-refractivity contribution in [2.45, 2.75) is 33.6 Å². The quantitative estimate of drug-likeness (QED) is 0.780. The van der Waals surface area contributed by atoms with Crippen LogP contribution in [0.4, 0.5) is 18.9 Å². The first-order valence-corrected chi connectivity index (χ1v) is 7.53.